The van der Waals surface area contributed by atoms with Gasteiger partial charge in [0.1, 0.15) is 0 Å². The fraction of sp³-hybridized carbons (Fsp3) is 0.750. The first-order chi connectivity index (χ1) is 8.40. The molecule has 1 fully saturated rings. The van der Waals surface area contributed by atoms with E-state index in [1.165, 1.54) is 57.8 Å². The molecule has 96 valence electrons. The maximum atomic E-state index is 2.33. The van der Waals surface area contributed by atoms with Gasteiger partial charge in [-0.25, -0.2) is 0 Å². The first-order valence-corrected chi connectivity index (χ1v) is 8.31. The van der Waals surface area contributed by atoms with Gasteiger partial charge in [-0.1, -0.05) is 45.1 Å². The van der Waals surface area contributed by atoms with Gasteiger partial charge in [0.25, 0.3) is 0 Å². The van der Waals surface area contributed by atoms with Gasteiger partial charge in [-0.15, -0.1) is 11.3 Å². The minimum atomic E-state index is 0.891. The van der Waals surface area contributed by atoms with Crippen molar-refractivity contribution in [2.75, 3.05) is 0 Å². The highest BCUT2D eigenvalue weighted by Gasteiger charge is 2.22. The zero-order valence-corrected chi connectivity index (χ0v) is 12.0. The standard InChI is InChI=1S/C16H26S/c1-2-3-4-5-7-14-9-11-15(12-10-14)16-8-6-13-17-16/h6,8,13-15H,2-5,7,9-12H2,1H3. The monoisotopic (exact) mass is 250 g/mol. The smallest absolute Gasteiger partial charge is 0.00761 e. The second kappa shape index (κ2) is 7.20. The molecule has 1 aliphatic carbocycles. The summed E-state index contributed by atoms with van der Waals surface area (Å²) < 4.78 is 0. The average molecular weight is 250 g/mol. The Kier molecular flexibility index (Phi) is 5.57. The van der Waals surface area contributed by atoms with Crippen LogP contribution < -0.4 is 0 Å². The van der Waals surface area contributed by atoms with E-state index in [4.69, 9.17) is 0 Å². The zero-order valence-electron chi connectivity index (χ0n) is 11.2. The topological polar surface area (TPSA) is 0 Å². The molecule has 0 atom stereocenters. The second-order valence-corrected chi connectivity index (χ2v) is 6.56. The minimum absolute atomic E-state index is 0.891. The van der Waals surface area contributed by atoms with Gasteiger partial charge < -0.3 is 0 Å². The summed E-state index contributed by atoms with van der Waals surface area (Å²) in [5.74, 6) is 1.94. The lowest BCUT2D eigenvalue weighted by Gasteiger charge is -2.27. The summed E-state index contributed by atoms with van der Waals surface area (Å²) in [7, 11) is 0. The van der Waals surface area contributed by atoms with Crippen molar-refractivity contribution in [3.8, 4) is 0 Å². The number of hydrogen-bond acceptors (Lipinski definition) is 1. The van der Waals surface area contributed by atoms with E-state index in [9.17, 15) is 0 Å². The number of unbranched alkanes of at least 4 members (excludes halogenated alkanes) is 3. The molecule has 1 heteroatoms. The predicted molar refractivity (Wildman–Crippen MR) is 77.8 cm³/mol. The third-order valence-corrected chi connectivity index (χ3v) is 5.29. The SMILES string of the molecule is CCCCCCC1CCC(c2cccs2)CC1. The molecule has 0 N–H and O–H groups in total. The normalized spacial score (nSPS) is 25.0. The Labute approximate surface area is 110 Å². The van der Waals surface area contributed by atoms with Crippen molar-refractivity contribution in [2.24, 2.45) is 5.92 Å². The summed E-state index contributed by atoms with van der Waals surface area (Å²) >= 11 is 1.96. The van der Waals surface area contributed by atoms with Crippen LogP contribution in [0.4, 0.5) is 0 Å². The van der Waals surface area contributed by atoms with Gasteiger partial charge >= 0.3 is 0 Å². The van der Waals surface area contributed by atoms with Gasteiger partial charge in [0.2, 0.25) is 0 Å². The quantitative estimate of drug-likeness (QED) is 0.544. The van der Waals surface area contributed by atoms with E-state index >= 15 is 0 Å². The molecule has 0 aliphatic heterocycles. The van der Waals surface area contributed by atoms with Gasteiger partial charge in [-0.3, -0.25) is 0 Å². The fourth-order valence-corrected chi connectivity index (χ4v) is 4.02. The second-order valence-electron chi connectivity index (χ2n) is 5.58. The van der Waals surface area contributed by atoms with E-state index in [1.54, 1.807) is 4.88 Å². The van der Waals surface area contributed by atoms with Crippen LogP contribution in [0.25, 0.3) is 0 Å². The van der Waals surface area contributed by atoms with Crippen LogP contribution in [0, 0.1) is 5.92 Å². The maximum Gasteiger partial charge on any atom is 0.00761 e. The van der Waals surface area contributed by atoms with Crippen LogP contribution >= 0.6 is 11.3 Å². The largest absolute Gasteiger partial charge is 0.149 e. The van der Waals surface area contributed by atoms with Gasteiger partial charge in [-0.2, -0.15) is 0 Å². The van der Waals surface area contributed by atoms with Crippen LogP contribution in [0.3, 0.4) is 0 Å². The molecule has 0 unspecified atom stereocenters. The Balaban J connectivity index is 1.64. The van der Waals surface area contributed by atoms with E-state index in [0.29, 0.717) is 0 Å². The van der Waals surface area contributed by atoms with Gasteiger partial charge in [0, 0.05) is 4.88 Å². The summed E-state index contributed by atoms with van der Waals surface area (Å²) in [4.78, 5) is 1.63. The molecule has 0 nitrogen and oxygen atoms in total. The molecule has 0 aromatic carbocycles. The first kappa shape index (κ1) is 13.1. The Bertz CT molecular complexity index is 280. The molecule has 1 heterocycles. The Morgan fingerprint density at radius 1 is 1.12 bits per heavy atom. The van der Waals surface area contributed by atoms with Crippen LogP contribution in [-0.2, 0) is 0 Å². The van der Waals surface area contributed by atoms with Crippen LogP contribution in [0.1, 0.15) is 75.5 Å². The molecule has 1 saturated carbocycles. The van der Waals surface area contributed by atoms with Crippen LogP contribution in [-0.4, -0.2) is 0 Å². The van der Waals surface area contributed by atoms with Crippen LogP contribution in [0.5, 0.6) is 0 Å². The minimum Gasteiger partial charge on any atom is -0.149 e. The lowest BCUT2D eigenvalue weighted by Crippen LogP contribution is -2.12. The molecule has 1 aromatic rings. The number of rotatable bonds is 6. The van der Waals surface area contributed by atoms with Gasteiger partial charge in [0.15, 0.2) is 0 Å². The summed E-state index contributed by atoms with van der Waals surface area (Å²) in [6.45, 7) is 2.30. The summed E-state index contributed by atoms with van der Waals surface area (Å²) in [5, 5.41) is 2.23. The first-order valence-electron chi connectivity index (χ1n) is 7.43. The summed E-state index contributed by atoms with van der Waals surface area (Å²) in [6, 6.07) is 4.54. The number of hydrogen-bond donors (Lipinski definition) is 0. The van der Waals surface area contributed by atoms with Crippen molar-refractivity contribution >= 4 is 11.3 Å². The molecule has 0 spiro atoms. The molecule has 2 rings (SSSR count). The van der Waals surface area contributed by atoms with E-state index in [2.05, 4.69) is 24.4 Å². The van der Waals surface area contributed by atoms with Gasteiger partial charge in [0.05, 0.1) is 0 Å². The molecule has 0 bridgehead atoms. The fourth-order valence-electron chi connectivity index (χ4n) is 3.12. The van der Waals surface area contributed by atoms with E-state index in [0.717, 1.165) is 11.8 Å². The molecule has 0 amide bonds. The lowest BCUT2D eigenvalue weighted by atomic mass is 9.79. The molecule has 0 radical (unpaired) electrons. The summed E-state index contributed by atoms with van der Waals surface area (Å²) in [6.07, 6.45) is 13.1. The predicted octanol–water partition coefficient (Wildman–Crippen LogP) is 5.99. The molecule has 17 heavy (non-hydrogen) atoms. The highest BCUT2D eigenvalue weighted by atomic mass is 32.1. The van der Waals surface area contributed by atoms with Crippen molar-refractivity contribution in [1.29, 1.82) is 0 Å². The van der Waals surface area contributed by atoms with Crippen molar-refractivity contribution in [3.63, 3.8) is 0 Å². The molecule has 1 aromatic heterocycles. The van der Waals surface area contributed by atoms with Crippen molar-refractivity contribution < 1.29 is 0 Å². The van der Waals surface area contributed by atoms with Crippen molar-refractivity contribution in [3.05, 3.63) is 22.4 Å². The third kappa shape index (κ3) is 4.13. The van der Waals surface area contributed by atoms with E-state index in [-0.39, 0.29) is 0 Å². The molecule has 0 saturated heterocycles. The zero-order chi connectivity index (χ0) is 11.9. The summed E-state index contributed by atoms with van der Waals surface area (Å²) in [5.41, 5.74) is 0. The Morgan fingerprint density at radius 3 is 2.59 bits per heavy atom. The lowest BCUT2D eigenvalue weighted by molar-refractivity contribution is 0.304. The van der Waals surface area contributed by atoms with Crippen LogP contribution in [0.15, 0.2) is 17.5 Å². The Hall–Kier alpha value is -0.300. The third-order valence-electron chi connectivity index (χ3n) is 4.26. The highest BCUT2D eigenvalue weighted by molar-refractivity contribution is 7.10. The molecule has 1 aliphatic rings. The van der Waals surface area contributed by atoms with Crippen LogP contribution in [0.2, 0.25) is 0 Å². The molecular weight excluding hydrogens is 224 g/mol. The Morgan fingerprint density at radius 2 is 1.94 bits per heavy atom. The average Bonchev–Trinajstić information content (AvgIpc) is 2.89. The van der Waals surface area contributed by atoms with E-state index in [1.807, 2.05) is 11.3 Å². The highest BCUT2D eigenvalue weighted by Crippen LogP contribution is 2.39. The van der Waals surface area contributed by atoms with E-state index < -0.39 is 0 Å². The maximum absolute atomic E-state index is 2.33. The van der Waals surface area contributed by atoms with Gasteiger partial charge in [-0.05, 0) is 49.0 Å². The number of thiophene rings is 1. The molecular formula is C16H26S. The van der Waals surface area contributed by atoms with Crippen molar-refractivity contribution in [1.82, 2.24) is 0 Å². The van der Waals surface area contributed by atoms with Crippen molar-refractivity contribution in [2.45, 2.75) is 70.6 Å².